The minimum absolute atomic E-state index is 0.0176. The number of nitrogens with one attached hydrogen (secondary N) is 12. The second-order valence-corrected chi connectivity index (χ2v) is 26.6. The van der Waals surface area contributed by atoms with Gasteiger partial charge in [-0.15, -0.1) is 0 Å². The molecule has 1 aromatic carbocycles. The standard InChI is InChI=1S/C65H108N14O26/c1-29(2)18-36(22-48(89)43(24-80)72-56(95)42(21-35-13-15-37(88)16-14-35)71-64(103)52(34(9)87)78-60(99)46(27-83)74-54(93)38(67)23-49(90)91)53(92)73-44(25-81)59(98)76-47(28-84)61(100)79-51(33(8)86)63(102)70-41(20-31(5)6)57(96)77-50(32(7)85)62(101)69-40(19-30(3)4)55(94)75-45(26-82)58(97)68-39(65(104)105)12-10-11-17-66/h13-16,29-34,36,38-47,50-52,80-88H,10-12,17-28,66-67H2,1-9H3,(H,68,97)(H,69,101)(H,70,102)(H,71,103)(H,72,95)(H,73,92)(H,74,93)(H,75,94)(H,76,98)(H,77,96)(H,78,99)(H,79,100)(H,90,91)(H,104,105)/t32-,33-,34-,36-,38+,39+,40+,41+,42+,43+,44+,45+,46+,47+,50+,51+,52+/m1/s1. The Hall–Kier alpha value is -9.13. The largest absolute Gasteiger partial charge is 0.508 e. The number of hydrogen-bond donors (Lipinski definition) is 25. The van der Waals surface area contributed by atoms with Gasteiger partial charge in [0.25, 0.3) is 0 Å². The Morgan fingerprint density at radius 2 is 0.686 bits per heavy atom. The van der Waals surface area contributed by atoms with Crippen LogP contribution in [0, 0.1) is 23.7 Å². The average molecular weight is 1500 g/mol. The molecule has 40 heteroatoms. The van der Waals surface area contributed by atoms with Crippen LogP contribution in [-0.4, -0.2) is 281 Å². The maximum absolute atomic E-state index is 14.1. The smallest absolute Gasteiger partial charge is 0.326 e. The van der Waals surface area contributed by atoms with Crippen LogP contribution in [0.25, 0.3) is 0 Å². The Kier molecular flexibility index (Phi) is 42.3. The molecule has 1 rings (SSSR count). The third-order valence-corrected chi connectivity index (χ3v) is 15.9. The van der Waals surface area contributed by atoms with Crippen LogP contribution >= 0.6 is 0 Å². The molecule has 0 radical (unpaired) electrons. The maximum Gasteiger partial charge on any atom is 0.326 e. The Bertz CT molecular complexity index is 3070. The number of nitrogens with two attached hydrogens (primary N) is 2. The van der Waals surface area contributed by atoms with Gasteiger partial charge in [0.2, 0.25) is 70.9 Å². The van der Waals surface area contributed by atoms with E-state index in [1.54, 1.807) is 41.5 Å². The number of aromatic hydroxyl groups is 1. The second kappa shape index (κ2) is 47.4. The van der Waals surface area contributed by atoms with Gasteiger partial charge in [0.1, 0.15) is 78.3 Å². The minimum Gasteiger partial charge on any atom is -0.508 e. The zero-order valence-corrected chi connectivity index (χ0v) is 60.2. The second-order valence-electron chi connectivity index (χ2n) is 26.6. The molecule has 17 atom stereocenters. The molecule has 105 heavy (non-hydrogen) atoms. The summed E-state index contributed by atoms with van der Waals surface area (Å²) in [6.07, 6.45) is -6.99. The van der Waals surface area contributed by atoms with Crippen LogP contribution in [0.3, 0.4) is 0 Å². The summed E-state index contributed by atoms with van der Waals surface area (Å²) in [6.45, 7) is 7.68. The number of hydrogen-bond acceptors (Lipinski definition) is 26. The number of aliphatic hydroxyl groups is 8. The van der Waals surface area contributed by atoms with Gasteiger partial charge < -0.3 is 131 Å². The molecular formula is C65H108N14O26. The van der Waals surface area contributed by atoms with E-state index in [4.69, 9.17) is 16.6 Å². The molecule has 0 aliphatic rings. The molecule has 0 saturated carbocycles. The summed E-state index contributed by atoms with van der Waals surface area (Å²) in [6, 6.07) is -17.9. The summed E-state index contributed by atoms with van der Waals surface area (Å²) in [5.41, 5.74) is 11.3. The molecule has 594 valence electrons. The zero-order chi connectivity index (χ0) is 80.3. The highest BCUT2D eigenvalue weighted by Crippen LogP contribution is 2.19. The average Bonchev–Trinajstić information content (AvgIpc) is 0.855. The molecule has 12 amide bonds. The zero-order valence-electron chi connectivity index (χ0n) is 60.2. The quantitative estimate of drug-likeness (QED) is 0.0269. The third-order valence-electron chi connectivity index (χ3n) is 15.9. The van der Waals surface area contributed by atoms with Gasteiger partial charge in [-0.2, -0.15) is 0 Å². The van der Waals surface area contributed by atoms with Gasteiger partial charge in [0.15, 0.2) is 5.78 Å². The lowest BCUT2D eigenvalue weighted by atomic mass is 9.89. The first-order valence-corrected chi connectivity index (χ1v) is 34.0. The van der Waals surface area contributed by atoms with Crippen molar-refractivity contribution in [2.45, 2.75) is 217 Å². The number of rotatable bonds is 50. The number of carbonyl (C=O) groups excluding carboxylic acids is 13. The molecule has 0 aliphatic carbocycles. The molecule has 0 saturated heterocycles. The van der Waals surface area contributed by atoms with E-state index in [0.717, 1.165) is 20.8 Å². The van der Waals surface area contributed by atoms with Gasteiger partial charge in [-0.1, -0.05) is 53.7 Å². The molecule has 0 spiro atoms. The highest BCUT2D eigenvalue weighted by Gasteiger charge is 2.40. The molecule has 0 bridgehead atoms. The van der Waals surface area contributed by atoms with Gasteiger partial charge in [0.05, 0.1) is 63.8 Å². The van der Waals surface area contributed by atoms with Crippen LogP contribution in [0.4, 0.5) is 0 Å². The highest BCUT2D eigenvalue weighted by molar-refractivity contribution is 6.00. The number of carboxylic acid groups (broad SMARTS) is 2. The summed E-state index contributed by atoms with van der Waals surface area (Å²) in [5, 5.41) is 139. The van der Waals surface area contributed by atoms with Gasteiger partial charge in [-0.25, -0.2) is 4.79 Å². The van der Waals surface area contributed by atoms with Crippen molar-refractivity contribution in [2.75, 3.05) is 39.6 Å². The van der Waals surface area contributed by atoms with E-state index in [0.29, 0.717) is 12.8 Å². The van der Waals surface area contributed by atoms with Gasteiger partial charge >= 0.3 is 11.9 Å². The van der Waals surface area contributed by atoms with Crippen molar-refractivity contribution in [3.8, 4) is 5.75 Å². The number of amides is 12. The Balaban J connectivity index is 3.39. The molecule has 0 aliphatic heterocycles. The fraction of sp³-hybridized carbons (Fsp3) is 0.677. The van der Waals surface area contributed by atoms with Crippen molar-refractivity contribution in [2.24, 2.45) is 35.1 Å². The number of ketones is 1. The number of Topliss-reactive ketones (excluding diaryl/α,β-unsaturated/α-hetero) is 1. The molecular weight excluding hydrogens is 1390 g/mol. The first kappa shape index (κ1) is 93.9. The fourth-order valence-electron chi connectivity index (χ4n) is 10.2. The van der Waals surface area contributed by atoms with Crippen molar-refractivity contribution in [3.05, 3.63) is 29.8 Å². The predicted octanol–water partition coefficient (Wildman–Crippen LogP) is -9.41. The summed E-state index contributed by atoms with van der Waals surface area (Å²) in [7, 11) is 0. The Morgan fingerprint density at radius 3 is 1.04 bits per heavy atom. The number of phenols is 1. The monoisotopic (exact) mass is 1500 g/mol. The van der Waals surface area contributed by atoms with E-state index in [1.165, 1.54) is 24.3 Å². The number of carboxylic acids is 2. The van der Waals surface area contributed by atoms with E-state index >= 15 is 0 Å². The fourth-order valence-corrected chi connectivity index (χ4v) is 10.2. The van der Waals surface area contributed by atoms with E-state index in [-0.39, 0.29) is 55.4 Å². The molecule has 40 nitrogen and oxygen atoms in total. The molecule has 0 unspecified atom stereocenters. The first-order chi connectivity index (χ1) is 49.1. The minimum atomic E-state index is -2.01. The normalized spacial score (nSPS) is 16.2. The van der Waals surface area contributed by atoms with Crippen LogP contribution in [0.2, 0.25) is 0 Å². The Labute approximate surface area is 605 Å². The summed E-state index contributed by atoms with van der Waals surface area (Å²) in [4.78, 5) is 200. The number of unbranched alkanes of at least 4 members (excludes halogenated alkanes) is 1. The van der Waals surface area contributed by atoms with Crippen molar-refractivity contribution in [1.82, 2.24) is 63.8 Å². The number of aliphatic carboxylic acids is 2. The molecule has 27 N–H and O–H groups in total. The summed E-state index contributed by atoms with van der Waals surface area (Å²) < 4.78 is 0. The van der Waals surface area contributed by atoms with Crippen LogP contribution < -0.4 is 75.3 Å². The van der Waals surface area contributed by atoms with E-state index in [1.807, 2.05) is 5.32 Å². The van der Waals surface area contributed by atoms with E-state index in [9.17, 15) is 123 Å². The van der Waals surface area contributed by atoms with Crippen molar-refractivity contribution < 1.29 is 128 Å². The molecule has 0 heterocycles. The van der Waals surface area contributed by atoms with E-state index < -0.39 is 250 Å². The lowest BCUT2D eigenvalue weighted by Crippen LogP contribution is -2.63. The van der Waals surface area contributed by atoms with Crippen LogP contribution in [-0.2, 0) is 78.3 Å². The predicted molar refractivity (Wildman–Crippen MR) is 368 cm³/mol. The number of phenolic OH excluding ortho intramolecular Hbond substituents is 1. The molecule has 0 aromatic heterocycles. The van der Waals surface area contributed by atoms with Crippen LogP contribution in [0.5, 0.6) is 5.75 Å². The summed E-state index contributed by atoms with van der Waals surface area (Å²) in [5.74, 6) is -20.8. The number of carbonyl (C=O) groups is 15. The lowest BCUT2D eigenvalue weighted by molar-refractivity contribution is -0.143. The lowest BCUT2D eigenvalue weighted by Gasteiger charge is -2.30. The summed E-state index contributed by atoms with van der Waals surface area (Å²) >= 11 is 0. The maximum atomic E-state index is 14.1. The number of aliphatic hydroxyl groups excluding tert-OH is 8. The third kappa shape index (κ3) is 33.7. The first-order valence-electron chi connectivity index (χ1n) is 34.0. The van der Waals surface area contributed by atoms with Gasteiger partial charge in [-0.05, 0) is 101 Å². The van der Waals surface area contributed by atoms with Crippen molar-refractivity contribution in [1.29, 1.82) is 0 Å². The highest BCUT2D eigenvalue weighted by atomic mass is 16.4. The molecule has 0 fully saturated rings. The van der Waals surface area contributed by atoms with Crippen LogP contribution in [0.15, 0.2) is 24.3 Å². The van der Waals surface area contributed by atoms with Gasteiger partial charge in [0, 0.05) is 18.8 Å². The van der Waals surface area contributed by atoms with Crippen molar-refractivity contribution in [3.63, 3.8) is 0 Å². The Morgan fingerprint density at radius 1 is 0.371 bits per heavy atom. The van der Waals surface area contributed by atoms with Crippen LogP contribution in [0.1, 0.15) is 119 Å². The van der Waals surface area contributed by atoms with Gasteiger partial charge in [-0.3, -0.25) is 67.1 Å². The van der Waals surface area contributed by atoms with Crippen molar-refractivity contribution >= 4 is 88.6 Å². The number of benzene rings is 1. The molecule has 1 aromatic rings. The topological polar surface area (TPSA) is 675 Å². The van der Waals surface area contributed by atoms with E-state index in [2.05, 4.69) is 58.5 Å². The SMILES string of the molecule is CC(C)C[C@H](CC(=O)[C@H](CO)NC(=O)[C@H](Cc1ccc(O)cc1)NC(=O)[C@@H](NC(=O)[C@H](CO)NC(=O)[C@@H](N)CC(=O)O)[C@@H](C)O)C(=O)N[C@@H](CO)C(=O)N[C@@H](CO)C(=O)N[C@H](C(=O)N[C@@H](CC(C)C)C(=O)N[C@H](C(=O)N[C@@H](CC(C)C)C(=O)N[C@@H](CO)C(=O)N[C@@H](CCCCN)C(=O)O)[C@@H](C)O)[C@@H](C)O.